The number of likely N-dealkylation sites (tertiary alicyclic amines) is 1. The molecule has 9 heteroatoms. The molecule has 1 fully saturated rings. The molecule has 27 heavy (non-hydrogen) atoms. The molecule has 0 bridgehead atoms. The number of sulfonamides is 1. The highest BCUT2D eigenvalue weighted by atomic mass is 32.2. The van der Waals surface area contributed by atoms with Crippen LogP contribution in [0, 0.1) is 5.41 Å². The first-order valence-electron chi connectivity index (χ1n) is 8.76. The summed E-state index contributed by atoms with van der Waals surface area (Å²) in [4.78, 5) is 22.4. The van der Waals surface area contributed by atoms with E-state index in [1.54, 1.807) is 23.1 Å². The first-order valence-corrected chi connectivity index (χ1v) is 10.2. The number of piperidine rings is 1. The number of nitrogens with one attached hydrogen (secondary N) is 1. The van der Waals surface area contributed by atoms with Crippen molar-refractivity contribution in [1.29, 1.82) is 0 Å². The standard InChI is InChI=1S/C18H20N4O4S/c23-17(14-11-19-7-8-20-14)22-9-5-18(6-10-22)12-21-27(24,25)16-4-2-1-3-15(16)26-13-18/h1-4,7-8,11,21H,5-6,9-10,12-13H2. The van der Waals surface area contributed by atoms with Crippen LogP contribution in [-0.4, -0.2) is 55.4 Å². The highest BCUT2D eigenvalue weighted by molar-refractivity contribution is 7.89. The van der Waals surface area contributed by atoms with Gasteiger partial charge in [-0.3, -0.25) is 9.78 Å². The molecule has 4 rings (SSSR count). The van der Waals surface area contributed by atoms with E-state index in [2.05, 4.69) is 14.7 Å². The summed E-state index contributed by atoms with van der Waals surface area (Å²) in [5.41, 5.74) is -0.0308. The summed E-state index contributed by atoms with van der Waals surface area (Å²) >= 11 is 0. The molecule has 1 aromatic carbocycles. The van der Waals surface area contributed by atoms with Crippen LogP contribution in [0.3, 0.4) is 0 Å². The Kier molecular flexibility index (Phi) is 4.56. The zero-order chi connectivity index (χ0) is 18.9. The van der Waals surface area contributed by atoms with Gasteiger partial charge in [-0.2, -0.15) is 0 Å². The molecular formula is C18H20N4O4S. The van der Waals surface area contributed by atoms with Crippen molar-refractivity contribution in [2.24, 2.45) is 5.41 Å². The molecule has 3 heterocycles. The van der Waals surface area contributed by atoms with Gasteiger partial charge in [-0.1, -0.05) is 12.1 Å². The van der Waals surface area contributed by atoms with E-state index in [9.17, 15) is 13.2 Å². The number of hydrogen-bond donors (Lipinski definition) is 1. The number of ether oxygens (including phenoxy) is 1. The van der Waals surface area contributed by atoms with Crippen molar-refractivity contribution >= 4 is 15.9 Å². The van der Waals surface area contributed by atoms with Gasteiger partial charge in [0.05, 0.1) is 12.8 Å². The zero-order valence-corrected chi connectivity index (χ0v) is 15.5. The molecule has 0 radical (unpaired) electrons. The van der Waals surface area contributed by atoms with E-state index in [1.165, 1.54) is 24.7 Å². The lowest BCUT2D eigenvalue weighted by molar-refractivity contribution is 0.0416. The summed E-state index contributed by atoms with van der Waals surface area (Å²) in [5, 5.41) is 0. The van der Waals surface area contributed by atoms with E-state index in [0.717, 1.165) is 0 Å². The Morgan fingerprint density at radius 1 is 1.19 bits per heavy atom. The van der Waals surface area contributed by atoms with E-state index in [1.807, 2.05) is 0 Å². The van der Waals surface area contributed by atoms with Crippen LogP contribution >= 0.6 is 0 Å². The molecule has 1 N–H and O–H groups in total. The minimum Gasteiger partial charge on any atom is -0.492 e. The normalized spacial score (nSPS) is 20.8. The number of fused-ring (bicyclic) bond motifs is 1. The number of para-hydroxylation sites is 1. The minimum absolute atomic E-state index is 0.157. The number of benzene rings is 1. The fourth-order valence-electron chi connectivity index (χ4n) is 3.48. The van der Waals surface area contributed by atoms with E-state index in [4.69, 9.17) is 4.74 Å². The third-order valence-electron chi connectivity index (χ3n) is 5.20. The van der Waals surface area contributed by atoms with Gasteiger partial charge in [0.2, 0.25) is 10.0 Å². The van der Waals surface area contributed by atoms with E-state index in [0.29, 0.717) is 44.0 Å². The van der Waals surface area contributed by atoms with Gasteiger partial charge in [0.25, 0.3) is 5.91 Å². The predicted molar refractivity (Wildman–Crippen MR) is 96.7 cm³/mol. The lowest BCUT2D eigenvalue weighted by Crippen LogP contribution is -2.51. The van der Waals surface area contributed by atoms with Crippen LogP contribution in [0.2, 0.25) is 0 Å². The topological polar surface area (TPSA) is 101 Å². The number of aromatic nitrogens is 2. The number of rotatable bonds is 1. The molecule has 8 nitrogen and oxygen atoms in total. The lowest BCUT2D eigenvalue weighted by atomic mass is 9.79. The van der Waals surface area contributed by atoms with Gasteiger partial charge >= 0.3 is 0 Å². The Labute approximate surface area is 157 Å². The molecule has 142 valence electrons. The van der Waals surface area contributed by atoms with E-state index < -0.39 is 10.0 Å². The summed E-state index contributed by atoms with van der Waals surface area (Å²) in [6.45, 7) is 1.72. The third kappa shape index (κ3) is 3.52. The molecule has 1 amide bonds. The van der Waals surface area contributed by atoms with Crippen LogP contribution < -0.4 is 9.46 Å². The largest absolute Gasteiger partial charge is 0.492 e. The van der Waals surface area contributed by atoms with Crippen molar-refractivity contribution < 1.29 is 17.9 Å². The highest BCUT2D eigenvalue weighted by Gasteiger charge is 2.40. The first kappa shape index (κ1) is 17.9. The molecule has 1 saturated heterocycles. The molecule has 0 aliphatic carbocycles. The Bertz CT molecular complexity index is 941. The number of carbonyl (C=O) groups excluding carboxylic acids is 1. The maximum Gasteiger partial charge on any atom is 0.274 e. The maximum absolute atomic E-state index is 12.6. The number of hydrogen-bond acceptors (Lipinski definition) is 6. The first-order chi connectivity index (χ1) is 13.0. The molecule has 1 aromatic heterocycles. The summed E-state index contributed by atoms with van der Waals surface area (Å²) < 4.78 is 33.7. The van der Waals surface area contributed by atoms with Gasteiger partial charge in [0.15, 0.2) is 0 Å². The summed E-state index contributed by atoms with van der Waals surface area (Å²) in [6.07, 6.45) is 5.76. The van der Waals surface area contributed by atoms with Gasteiger partial charge in [0.1, 0.15) is 16.3 Å². The van der Waals surface area contributed by atoms with Crippen LogP contribution in [0.5, 0.6) is 5.75 Å². The average molecular weight is 388 g/mol. The number of amides is 1. The monoisotopic (exact) mass is 388 g/mol. The lowest BCUT2D eigenvalue weighted by Gasteiger charge is -2.42. The smallest absolute Gasteiger partial charge is 0.274 e. The van der Waals surface area contributed by atoms with Gasteiger partial charge < -0.3 is 9.64 Å². The van der Waals surface area contributed by atoms with Crippen LogP contribution in [0.1, 0.15) is 23.3 Å². The van der Waals surface area contributed by atoms with Crippen LogP contribution in [-0.2, 0) is 10.0 Å². The van der Waals surface area contributed by atoms with Crippen LogP contribution in [0.4, 0.5) is 0 Å². The summed E-state index contributed by atoms with van der Waals surface area (Å²) in [5.74, 6) is 0.206. The summed E-state index contributed by atoms with van der Waals surface area (Å²) in [7, 11) is -3.62. The SMILES string of the molecule is O=C(c1cnccn1)N1CCC2(CC1)CNS(=O)(=O)c1ccccc1OC2. The van der Waals surface area contributed by atoms with Gasteiger partial charge in [-0.05, 0) is 25.0 Å². The van der Waals surface area contributed by atoms with Gasteiger partial charge in [-0.15, -0.1) is 0 Å². The molecule has 1 spiro atoms. The average Bonchev–Trinajstić information content (AvgIpc) is 2.71. The maximum atomic E-state index is 12.6. The third-order valence-corrected chi connectivity index (χ3v) is 6.64. The quantitative estimate of drug-likeness (QED) is 0.784. The predicted octanol–water partition coefficient (Wildman–Crippen LogP) is 1.07. The van der Waals surface area contributed by atoms with Crippen LogP contribution in [0.15, 0.2) is 47.8 Å². The Morgan fingerprint density at radius 3 is 2.70 bits per heavy atom. The molecule has 0 saturated carbocycles. The van der Waals surface area contributed by atoms with Crippen molar-refractivity contribution in [3.8, 4) is 5.75 Å². The highest BCUT2D eigenvalue weighted by Crippen LogP contribution is 2.36. The number of carbonyl (C=O) groups is 1. The van der Waals surface area contributed by atoms with Crippen LogP contribution in [0.25, 0.3) is 0 Å². The minimum atomic E-state index is -3.62. The van der Waals surface area contributed by atoms with E-state index in [-0.39, 0.29) is 22.8 Å². The Hall–Kier alpha value is -2.52. The molecule has 2 aromatic rings. The van der Waals surface area contributed by atoms with Crippen molar-refractivity contribution in [2.75, 3.05) is 26.2 Å². The van der Waals surface area contributed by atoms with Crippen molar-refractivity contribution in [2.45, 2.75) is 17.7 Å². The van der Waals surface area contributed by atoms with Crippen molar-refractivity contribution in [3.63, 3.8) is 0 Å². The van der Waals surface area contributed by atoms with Crippen molar-refractivity contribution in [3.05, 3.63) is 48.5 Å². The number of nitrogens with zero attached hydrogens (tertiary/aromatic N) is 3. The zero-order valence-electron chi connectivity index (χ0n) is 14.7. The Balaban J connectivity index is 1.49. The summed E-state index contributed by atoms with van der Waals surface area (Å²) in [6, 6.07) is 6.64. The second-order valence-corrected chi connectivity index (χ2v) is 8.68. The molecule has 0 atom stereocenters. The fourth-order valence-corrected chi connectivity index (χ4v) is 4.78. The fraction of sp³-hybridized carbons (Fsp3) is 0.389. The van der Waals surface area contributed by atoms with Gasteiger partial charge in [0, 0.05) is 37.4 Å². The van der Waals surface area contributed by atoms with E-state index >= 15 is 0 Å². The molecule has 0 unspecified atom stereocenters. The van der Waals surface area contributed by atoms with Gasteiger partial charge in [-0.25, -0.2) is 18.1 Å². The Morgan fingerprint density at radius 2 is 1.96 bits per heavy atom. The second-order valence-electron chi connectivity index (χ2n) is 6.94. The molecule has 2 aliphatic heterocycles. The second kappa shape index (κ2) is 6.90. The van der Waals surface area contributed by atoms with Crippen molar-refractivity contribution in [1.82, 2.24) is 19.6 Å². The molecule has 2 aliphatic rings. The molecular weight excluding hydrogens is 368 g/mol.